The SMILES string of the molecule is CCN(CC)C(=O)c1ccc(OCC(=O)Nc2ccc(C)c(C)c2)cc1. The highest BCUT2D eigenvalue weighted by Gasteiger charge is 2.12. The summed E-state index contributed by atoms with van der Waals surface area (Å²) in [5.41, 5.74) is 3.67. The van der Waals surface area contributed by atoms with Gasteiger partial charge in [0.1, 0.15) is 5.75 Å². The first kappa shape index (κ1) is 19.5. The third-order valence-corrected chi connectivity index (χ3v) is 4.31. The van der Waals surface area contributed by atoms with Crippen molar-refractivity contribution in [3.05, 3.63) is 59.2 Å². The minimum atomic E-state index is -0.225. The third-order valence-electron chi connectivity index (χ3n) is 4.31. The number of benzene rings is 2. The number of rotatable bonds is 7. The number of amides is 2. The molecule has 2 aromatic carbocycles. The summed E-state index contributed by atoms with van der Waals surface area (Å²) >= 11 is 0. The Morgan fingerprint density at radius 3 is 2.19 bits per heavy atom. The zero-order valence-electron chi connectivity index (χ0n) is 15.8. The molecule has 0 saturated heterocycles. The minimum Gasteiger partial charge on any atom is -0.484 e. The molecule has 2 rings (SSSR count). The molecule has 26 heavy (non-hydrogen) atoms. The zero-order valence-corrected chi connectivity index (χ0v) is 15.8. The summed E-state index contributed by atoms with van der Waals surface area (Å²) in [5.74, 6) is 0.321. The van der Waals surface area contributed by atoms with E-state index in [9.17, 15) is 9.59 Å². The lowest BCUT2D eigenvalue weighted by molar-refractivity contribution is -0.118. The van der Waals surface area contributed by atoms with Crippen LogP contribution >= 0.6 is 0 Å². The lowest BCUT2D eigenvalue weighted by atomic mass is 10.1. The van der Waals surface area contributed by atoms with Gasteiger partial charge < -0.3 is 15.0 Å². The van der Waals surface area contributed by atoms with Crippen molar-refractivity contribution >= 4 is 17.5 Å². The van der Waals surface area contributed by atoms with E-state index in [1.807, 2.05) is 45.9 Å². The first-order chi connectivity index (χ1) is 12.4. The number of hydrogen-bond acceptors (Lipinski definition) is 3. The topological polar surface area (TPSA) is 58.6 Å². The largest absolute Gasteiger partial charge is 0.484 e. The van der Waals surface area contributed by atoms with E-state index >= 15 is 0 Å². The molecule has 0 aliphatic heterocycles. The fourth-order valence-electron chi connectivity index (χ4n) is 2.55. The van der Waals surface area contributed by atoms with Gasteiger partial charge in [0.05, 0.1) is 0 Å². The highest BCUT2D eigenvalue weighted by molar-refractivity contribution is 5.94. The molecule has 0 bridgehead atoms. The molecule has 0 aliphatic carbocycles. The number of hydrogen-bond donors (Lipinski definition) is 1. The van der Waals surface area contributed by atoms with Crippen molar-refractivity contribution < 1.29 is 14.3 Å². The predicted molar refractivity (Wildman–Crippen MR) is 104 cm³/mol. The van der Waals surface area contributed by atoms with Gasteiger partial charge in [-0.05, 0) is 75.2 Å². The minimum absolute atomic E-state index is 0.00552. The average Bonchev–Trinajstić information content (AvgIpc) is 2.64. The van der Waals surface area contributed by atoms with Gasteiger partial charge in [0.25, 0.3) is 11.8 Å². The number of anilines is 1. The molecule has 0 aliphatic rings. The smallest absolute Gasteiger partial charge is 0.262 e. The number of ether oxygens (including phenoxy) is 1. The van der Waals surface area contributed by atoms with Crippen LogP contribution in [0.15, 0.2) is 42.5 Å². The normalized spacial score (nSPS) is 10.3. The van der Waals surface area contributed by atoms with E-state index < -0.39 is 0 Å². The van der Waals surface area contributed by atoms with Crippen LogP contribution in [0.4, 0.5) is 5.69 Å². The fraction of sp³-hybridized carbons (Fsp3) is 0.333. The van der Waals surface area contributed by atoms with Crippen molar-refractivity contribution in [2.75, 3.05) is 25.0 Å². The summed E-state index contributed by atoms with van der Waals surface area (Å²) in [6.45, 7) is 9.19. The monoisotopic (exact) mass is 354 g/mol. The van der Waals surface area contributed by atoms with Crippen LogP contribution in [0.2, 0.25) is 0 Å². The molecular formula is C21H26N2O3. The molecule has 5 nitrogen and oxygen atoms in total. The van der Waals surface area contributed by atoms with Crippen LogP contribution in [-0.2, 0) is 4.79 Å². The van der Waals surface area contributed by atoms with Crippen LogP contribution in [0.1, 0.15) is 35.3 Å². The molecular weight excluding hydrogens is 328 g/mol. The molecule has 0 fully saturated rings. The molecule has 0 spiro atoms. The van der Waals surface area contributed by atoms with Crippen molar-refractivity contribution in [1.82, 2.24) is 4.90 Å². The average molecular weight is 354 g/mol. The lowest BCUT2D eigenvalue weighted by Gasteiger charge is -2.18. The Kier molecular flexibility index (Phi) is 6.78. The van der Waals surface area contributed by atoms with Crippen LogP contribution in [-0.4, -0.2) is 36.4 Å². The first-order valence-electron chi connectivity index (χ1n) is 8.83. The van der Waals surface area contributed by atoms with E-state index in [2.05, 4.69) is 5.32 Å². The molecule has 0 unspecified atom stereocenters. The maximum absolute atomic E-state index is 12.3. The predicted octanol–water partition coefficient (Wildman–Crippen LogP) is 3.80. The van der Waals surface area contributed by atoms with E-state index in [1.54, 1.807) is 29.2 Å². The van der Waals surface area contributed by atoms with Gasteiger partial charge in [-0.15, -0.1) is 0 Å². The van der Waals surface area contributed by atoms with E-state index in [-0.39, 0.29) is 18.4 Å². The number of aryl methyl sites for hydroxylation is 2. The van der Waals surface area contributed by atoms with Crippen molar-refractivity contribution in [3.8, 4) is 5.75 Å². The van der Waals surface area contributed by atoms with E-state index in [0.29, 0.717) is 24.4 Å². The van der Waals surface area contributed by atoms with Crippen molar-refractivity contribution in [1.29, 1.82) is 0 Å². The van der Waals surface area contributed by atoms with Crippen LogP contribution < -0.4 is 10.1 Å². The lowest BCUT2D eigenvalue weighted by Crippen LogP contribution is -2.30. The number of nitrogens with zero attached hydrogens (tertiary/aromatic N) is 1. The quantitative estimate of drug-likeness (QED) is 0.823. The zero-order chi connectivity index (χ0) is 19.1. The van der Waals surface area contributed by atoms with Crippen LogP contribution in [0.25, 0.3) is 0 Å². The van der Waals surface area contributed by atoms with Gasteiger partial charge >= 0.3 is 0 Å². The number of nitrogens with one attached hydrogen (secondary N) is 1. The standard InChI is InChI=1S/C21H26N2O3/c1-5-23(6-2)21(25)17-8-11-19(12-9-17)26-14-20(24)22-18-10-7-15(3)16(4)13-18/h7-13H,5-6,14H2,1-4H3,(H,22,24). The molecule has 0 heterocycles. The van der Waals surface area contributed by atoms with Crippen LogP contribution in [0.3, 0.4) is 0 Å². The van der Waals surface area contributed by atoms with Gasteiger partial charge in [0.2, 0.25) is 0 Å². The van der Waals surface area contributed by atoms with Gasteiger partial charge in [-0.25, -0.2) is 0 Å². The molecule has 2 amide bonds. The molecule has 0 radical (unpaired) electrons. The van der Waals surface area contributed by atoms with E-state index in [4.69, 9.17) is 4.74 Å². The van der Waals surface area contributed by atoms with Gasteiger partial charge in [0.15, 0.2) is 6.61 Å². The van der Waals surface area contributed by atoms with Crippen molar-refractivity contribution in [2.24, 2.45) is 0 Å². The summed E-state index contributed by atoms with van der Waals surface area (Å²) in [7, 11) is 0. The highest BCUT2D eigenvalue weighted by Crippen LogP contribution is 2.16. The maximum Gasteiger partial charge on any atom is 0.262 e. The van der Waals surface area contributed by atoms with Crippen molar-refractivity contribution in [2.45, 2.75) is 27.7 Å². The van der Waals surface area contributed by atoms with Gasteiger partial charge in [-0.1, -0.05) is 6.07 Å². The summed E-state index contributed by atoms with van der Waals surface area (Å²) in [4.78, 5) is 26.0. The molecule has 0 aromatic heterocycles. The summed E-state index contributed by atoms with van der Waals surface area (Å²) in [5, 5.41) is 2.82. The molecule has 1 N–H and O–H groups in total. The van der Waals surface area contributed by atoms with Gasteiger partial charge in [0, 0.05) is 24.3 Å². The molecule has 0 saturated carbocycles. The molecule has 2 aromatic rings. The Morgan fingerprint density at radius 1 is 0.962 bits per heavy atom. The van der Waals surface area contributed by atoms with Crippen LogP contribution in [0, 0.1) is 13.8 Å². The summed E-state index contributed by atoms with van der Waals surface area (Å²) in [6.07, 6.45) is 0. The second-order valence-electron chi connectivity index (χ2n) is 6.14. The Bertz CT molecular complexity index is 765. The Morgan fingerprint density at radius 2 is 1.62 bits per heavy atom. The number of carbonyl (C=O) groups excluding carboxylic acids is 2. The molecule has 0 atom stereocenters. The summed E-state index contributed by atoms with van der Waals surface area (Å²) < 4.78 is 5.50. The fourth-order valence-corrected chi connectivity index (χ4v) is 2.55. The highest BCUT2D eigenvalue weighted by atomic mass is 16.5. The maximum atomic E-state index is 12.3. The van der Waals surface area contributed by atoms with Crippen LogP contribution in [0.5, 0.6) is 5.75 Å². The van der Waals surface area contributed by atoms with Gasteiger partial charge in [-0.2, -0.15) is 0 Å². The molecule has 138 valence electrons. The molecule has 5 heteroatoms. The first-order valence-corrected chi connectivity index (χ1v) is 8.83. The second-order valence-corrected chi connectivity index (χ2v) is 6.14. The van der Waals surface area contributed by atoms with E-state index in [1.165, 1.54) is 5.56 Å². The van der Waals surface area contributed by atoms with E-state index in [0.717, 1.165) is 11.3 Å². The van der Waals surface area contributed by atoms with Gasteiger partial charge in [-0.3, -0.25) is 9.59 Å². The Balaban J connectivity index is 1.90. The summed E-state index contributed by atoms with van der Waals surface area (Å²) in [6, 6.07) is 12.6. The third kappa shape index (κ3) is 5.09. The Hall–Kier alpha value is -2.82. The Labute approximate surface area is 155 Å². The second kappa shape index (κ2) is 9.04. The number of carbonyl (C=O) groups is 2. The van der Waals surface area contributed by atoms with Crippen molar-refractivity contribution in [3.63, 3.8) is 0 Å².